The number of phenols is 2. The Bertz CT molecular complexity index is 776. The molecule has 0 radical (unpaired) electrons. The van der Waals surface area contributed by atoms with Crippen LogP contribution >= 0.6 is 0 Å². The molecule has 1 aromatic rings. The molecule has 0 fully saturated rings. The Balaban J connectivity index is 2.47. The van der Waals surface area contributed by atoms with Crippen molar-refractivity contribution >= 4 is 0 Å². The second kappa shape index (κ2) is 13.9. The first-order chi connectivity index (χ1) is 15.4. The van der Waals surface area contributed by atoms with Crippen LogP contribution in [-0.2, 0) is 6.42 Å². The fourth-order valence-electron chi connectivity index (χ4n) is 4.60. The van der Waals surface area contributed by atoms with E-state index < -0.39 is 0 Å². The average molecular weight is 457 g/mol. The molecular weight excluding hydrogens is 404 g/mol. The molecule has 1 rings (SSSR count). The standard InChI is InChI=1S/C31H52O2/c1-10-27(19-20-28-26(6)29(32)24(4)25(5)30(28)33)18-12-16-22(2)14-11-15-23(3)17-13-21-31(7,8)9/h15-16,27,32-33H,10-14,17-21H2,1-9H3/b22-16+,23-15+. The lowest BCUT2D eigenvalue weighted by molar-refractivity contribution is 0.365. The van der Waals surface area contributed by atoms with Crippen molar-refractivity contribution in [3.63, 3.8) is 0 Å². The van der Waals surface area contributed by atoms with Crippen molar-refractivity contribution in [2.24, 2.45) is 11.3 Å². The number of aromatic hydroxyl groups is 2. The molecule has 0 spiro atoms. The summed E-state index contributed by atoms with van der Waals surface area (Å²) in [6, 6.07) is 0. The number of hydrogen-bond acceptors (Lipinski definition) is 2. The lowest BCUT2D eigenvalue weighted by Crippen LogP contribution is -2.04. The first-order valence-corrected chi connectivity index (χ1v) is 13.2. The maximum absolute atomic E-state index is 10.6. The zero-order valence-electron chi connectivity index (χ0n) is 23.2. The molecule has 0 saturated heterocycles. The molecular formula is C31H52O2. The normalized spacial score (nSPS) is 14.1. The molecule has 0 aromatic heterocycles. The lowest BCUT2D eigenvalue weighted by Gasteiger charge is -2.19. The van der Waals surface area contributed by atoms with Gasteiger partial charge in [-0.25, -0.2) is 0 Å². The van der Waals surface area contributed by atoms with E-state index in [0.717, 1.165) is 60.8 Å². The van der Waals surface area contributed by atoms with Crippen LogP contribution in [0.25, 0.3) is 0 Å². The summed E-state index contributed by atoms with van der Waals surface area (Å²) in [4.78, 5) is 0. The van der Waals surface area contributed by atoms with E-state index in [9.17, 15) is 10.2 Å². The number of hydrogen-bond donors (Lipinski definition) is 2. The molecule has 0 bridgehead atoms. The van der Waals surface area contributed by atoms with Crippen LogP contribution in [0.2, 0.25) is 0 Å². The highest BCUT2D eigenvalue weighted by Gasteiger charge is 2.17. The molecule has 0 saturated carbocycles. The minimum absolute atomic E-state index is 0.338. The van der Waals surface area contributed by atoms with E-state index >= 15 is 0 Å². The zero-order chi connectivity index (χ0) is 25.2. The van der Waals surface area contributed by atoms with Crippen LogP contribution in [0.4, 0.5) is 0 Å². The zero-order valence-corrected chi connectivity index (χ0v) is 23.2. The van der Waals surface area contributed by atoms with E-state index in [-0.39, 0.29) is 0 Å². The van der Waals surface area contributed by atoms with E-state index in [2.05, 4.69) is 53.7 Å². The molecule has 1 atom stereocenters. The van der Waals surface area contributed by atoms with Crippen molar-refractivity contribution in [1.29, 1.82) is 0 Å². The summed E-state index contributed by atoms with van der Waals surface area (Å²) < 4.78 is 0. The minimum Gasteiger partial charge on any atom is -0.507 e. The van der Waals surface area contributed by atoms with Crippen LogP contribution in [-0.4, -0.2) is 10.2 Å². The fraction of sp³-hybridized carbons (Fsp3) is 0.677. The molecule has 1 aromatic carbocycles. The van der Waals surface area contributed by atoms with Gasteiger partial charge in [-0.15, -0.1) is 0 Å². The van der Waals surface area contributed by atoms with Gasteiger partial charge in [0.2, 0.25) is 0 Å². The molecule has 2 heteroatoms. The monoisotopic (exact) mass is 456 g/mol. The summed E-state index contributed by atoms with van der Waals surface area (Å²) in [5, 5.41) is 21.0. The van der Waals surface area contributed by atoms with Crippen LogP contribution in [0, 0.1) is 32.1 Å². The van der Waals surface area contributed by atoms with Gasteiger partial charge < -0.3 is 10.2 Å². The van der Waals surface area contributed by atoms with Crippen LogP contribution in [0.3, 0.4) is 0 Å². The molecule has 0 aliphatic carbocycles. The molecule has 2 nitrogen and oxygen atoms in total. The average Bonchev–Trinajstić information content (AvgIpc) is 2.74. The largest absolute Gasteiger partial charge is 0.507 e. The molecule has 0 amide bonds. The Labute approximate surface area is 205 Å². The van der Waals surface area contributed by atoms with Crippen molar-refractivity contribution in [2.75, 3.05) is 0 Å². The van der Waals surface area contributed by atoms with Gasteiger partial charge in [-0.2, -0.15) is 0 Å². The molecule has 188 valence electrons. The second-order valence-corrected chi connectivity index (χ2v) is 11.5. The Morgan fingerprint density at radius 3 is 2.00 bits per heavy atom. The highest BCUT2D eigenvalue weighted by molar-refractivity contribution is 5.56. The molecule has 0 heterocycles. The van der Waals surface area contributed by atoms with Crippen LogP contribution in [0.1, 0.15) is 122 Å². The maximum Gasteiger partial charge on any atom is 0.122 e. The van der Waals surface area contributed by atoms with Gasteiger partial charge in [0, 0.05) is 5.56 Å². The lowest BCUT2D eigenvalue weighted by atomic mass is 9.88. The van der Waals surface area contributed by atoms with E-state index in [1.165, 1.54) is 36.8 Å². The van der Waals surface area contributed by atoms with Gasteiger partial charge in [0.1, 0.15) is 11.5 Å². The van der Waals surface area contributed by atoms with Gasteiger partial charge in [0.05, 0.1) is 0 Å². The highest BCUT2D eigenvalue weighted by Crippen LogP contribution is 2.37. The molecule has 33 heavy (non-hydrogen) atoms. The van der Waals surface area contributed by atoms with E-state index in [1.807, 2.05) is 20.8 Å². The summed E-state index contributed by atoms with van der Waals surface area (Å²) in [5.41, 5.74) is 6.82. The van der Waals surface area contributed by atoms with Gasteiger partial charge in [-0.1, -0.05) is 57.4 Å². The van der Waals surface area contributed by atoms with Crippen molar-refractivity contribution in [3.8, 4) is 11.5 Å². The number of phenolic OH excluding ortho intramolecular Hbond substituents is 2. The van der Waals surface area contributed by atoms with Crippen molar-refractivity contribution in [3.05, 3.63) is 45.6 Å². The quantitative estimate of drug-likeness (QED) is 0.229. The molecule has 0 aliphatic rings. The smallest absolute Gasteiger partial charge is 0.122 e. The predicted octanol–water partition coefficient (Wildman–Crippen LogP) is 9.65. The Hall–Kier alpha value is -1.70. The third kappa shape index (κ3) is 10.4. The molecule has 0 aliphatic heterocycles. The first kappa shape index (κ1) is 29.3. The predicted molar refractivity (Wildman–Crippen MR) is 145 cm³/mol. The van der Waals surface area contributed by atoms with Crippen molar-refractivity contribution < 1.29 is 10.2 Å². The Morgan fingerprint density at radius 1 is 0.818 bits per heavy atom. The third-order valence-corrected chi connectivity index (χ3v) is 7.34. The summed E-state index contributed by atoms with van der Waals surface area (Å²) in [6.45, 7) is 19.5. The summed E-state index contributed by atoms with van der Waals surface area (Å²) in [6.07, 6.45) is 16.3. The first-order valence-electron chi connectivity index (χ1n) is 13.2. The van der Waals surface area contributed by atoms with Gasteiger partial charge in [-0.3, -0.25) is 0 Å². The van der Waals surface area contributed by atoms with Crippen LogP contribution in [0.15, 0.2) is 23.3 Å². The minimum atomic E-state index is 0.338. The second-order valence-electron chi connectivity index (χ2n) is 11.5. The van der Waals surface area contributed by atoms with Crippen LogP contribution < -0.4 is 0 Å². The Morgan fingerprint density at radius 2 is 1.39 bits per heavy atom. The fourth-order valence-corrected chi connectivity index (χ4v) is 4.60. The summed E-state index contributed by atoms with van der Waals surface area (Å²) in [5.74, 6) is 1.35. The van der Waals surface area contributed by atoms with E-state index in [4.69, 9.17) is 0 Å². The summed E-state index contributed by atoms with van der Waals surface area (Å²) in [7, 11) is 0. The molecule has 2 N–H and O–H groups in total. The Kier molecular flexibility index (Phi) is 12.3. The number of rotatable bonds is 13. The van der Waals surface area contributed by atoms with E-state index in [0.29, 0.717) is 22.8 Å². The SMILES string of the molecule is CCC(CC/C=C(\C)CC/C=C(\C)CCCC(C)(C)C)CCc1c(C)c(O)c(C)c(C)c1O. The maximum atomic E-state index is 10.6. The van der Waals surface area contributed by atoms with Gasteiger partial charge in [-0.05, 0) is 120 Å². The van der Waals surface area contributed by atoms with Gasteiger partial charge >= 0.3 is 0 Å². The summed E-state index contributed by atoms with van der Waals surface area (Å²) >= 11 is 0. The third-order valence-electron chi connectivity index (χ3n) is 7.34. The van der Waals surface area contributed by atoms with Gasteiger partial charge in [0.15, 0.2) is 0 Å². The molecule has 1 unspecified atom stereocenters. The van der Waals surface area contributed by atoms with Gasteiger partial charge in [0.25, 0.3) is 0 Å². The highest BCUT2D eigenvalue weighted by atomic mass is 16.3. The number of allylic oxidation sites excluding steroid dienone is 4. The topological polar surface area (TPSA) is 40.5 Å². The van der Waals surface area contributed by atoms with Crippen LogP contribution in [0.5, 0.6) is 11.5 Å². The van der Waals surface area contributed by atoms with Crippen molar-refractivity contribution in [1.82, 2.24) is 0 Å². The van der Waals surface area contributed by atoms with E-state index in [1.54, 1.807) is 0 Å². The number of benzene rings is 1. The van der Waals surface area contributed by atoms with Crippen molar-refractivity contribution in [2.45, 2.75) is 127 Å².